The first-order valence-corrected chi connectivity index (χ1v) is 19.5. The summed E-state index contributed by atoms with van der Waals surface area (Å²) in [7, 11) is 0. The third-order valence-electron chi connectivity index (χ3n) is 10.1. The third kappa shape index (κ3) is 9.08. The Kier molecular flexibility index (Phi) is 11.2. The van der Waals surface area contributed by atoms with Crippen LogP contribution in [0, 0.1) is 0 Å². The van der Waals surface area contributed by atoms with E-state index in [2.05, 4.69) is 241 Å². The minimum atomic E-state index is 0.0731. The van der Waals surface area contributed by atoms with Crippen LogP contribution >= 0.6 is 0 Å². The van der Waals surface area contributed by atoms with Gasteiger partial charge in [-0.2, -0.15) is 5.10 Å². The van der Waals surface area contributed by atoms with Gasteiger partial charge in [-0.25, -0.2) is 5.01 Å². The summed E-state index contributed by atoms with van der Waals surface area (Å²) in [5.41, 5.74) is 13.7. The van der Waals surface area contributed by atoms with E-state index in [1.807, 2.05) is 11.2 Å². The van der Waals surface area contributed by atoms with Crippen molar-refractivity contribution in [2.45, 2.75) is 52.4 Å². The highest BCUT2D eigenvalue weighted by Crippen LogP contribution is 2.36. The van der Waals surface area contributed by atoms with Gasteiger partial charge in [0.1, 0.15) is 0 Å². The molecule has 0 aliphatic rings. The third-order valence-corrected chi connectivity index (χ3v) is 10.1. The fourth-order valence-electron chi connectivity index (χ4n) is 6.80. The van der Waals surface area contributed by atoms with E-state index in [4.69, 9.17) is 5.10 Å². The normalized spacial score (nSPS) is 11.7. The van der Waals surface area contributed by atoms with Crippen LogP contribution in [0.2, 0.25) is 0 Å². The zero-order valence-corrected chi connectivity index (χ0v) is 33.4. The van der Waals surface area contributed by atoms with Gasteiger partial charge in [0, 0.05) is 17.1 Å². The van der Waals surface area contributed by atoms with Crippen molar-refractivity contribution in [2.75, 3.05) is 9.91 Å². The van der Waals surface area contributed by atoms with Crippen molar-refractivity contribution < 1.29 is 0 Å². The first-order valence-electron chi connectivity index (χ1n) is 19.5. The molecular weight excluding hydrogens is 679 g/mol. The van der Waals surface area contributed by atoms with Gasteiger partial charge in [0.05, 0.1) is 17.6 Å². The molecule has 7 aromatic carbocycles. The molecule has 3 nitrogen and oxygen atoms in total. The average Bonchev–Trinajstić information content (AvgIpc) is 3.22. The van der Waals surface area contributed by atoms with Crippen LogP contribution in [0.4, 0.5) is 28.4 Å². The number of para-hydroxylation sites is 1. The molecule has 278 valence electrons. The molecule has 0 spiro atoms. The predicted molar refractivity (Wildman–Crippen MR) is 241 cm³/mol. The van der Waals surface area contributed by atoms with Gasteiger partial charge < -0.3 is 4.90 Å². The lowest BCUT2D eigenvalue weighted by atomic mass is 9.87. The number of rotatable bonds is 10. The maximum absolute atomic E-state index is 5.08. The van der Waals surface area contributed by atoms with Gasteiger partial charge in [0.2, 0.25) is 0 Å². The lowest BCUT2D eigenvalue weighted by molar-refractivity contribution is 0.590. The highest BCUT2D eigenvalue weighted by molar-refractivity contribution is 5.92. The van der Waals surface area contributed by atoms with E-state index in [0.29, 0.717) is 0 Å². The van der Waals surface area contributed by atoms with Gasteiger partial charge in [-0.05, 0) is 117 Å². The SMILES string of the molecule is CC(C)(C)c1ccc(N(/N=C/c2ccc(N(c3ccccc3)c3ccc(C=C(c4ccccc4)c4ccccc4)cc3)cc2)c2ccc(C(C)(C)C)cc2)cc1. The molecule has 0 N–H and O–H groups in total. The zero-order valence-electron chi connectivity index (χ0n) is 33.4. The number of hydrogen-bond donors (Lipinski definition) is 0. The summed E-state index contributed by atoms with van der Waals surface area (Å²) in [6.45, 7) is 13.5. The second-order valence-corrected chi connectivity index (χ2v) is 16.3. The maximum Gasteiger partial charge on any atom is 0.0652 e. The van der Waals surface area contributed by atoms with E-state index in [0.717, 1.165) is 39.6 Å². The first kappa shape index (κ1) is 37.8. The van der Waals surface area contributed by atoms with Crippen molar-refractivity contribution in [3.05, 3.63) is 221 Å². The van der Waals surface area contributed by atoms with Crippen LogP contribution in [0.1, 0.15) is 74.9 Å². The Hall–Kier alpha value is -6.45. The largest absolute Gasteiger partial charge is 0.311 e. The van der Waals surface area contributed by atoms with Gasteiger partial charge in [-0.15, -0.1) is 0 Å². The van der Waals surface area contributed by atoms with Crippen molar-refractivity contribution in [3.63, 3.8) is 0 Å². The standard InChI is InChI=1S/C53H51N3/c1-52(2,3)44-26-34-49(35-27-44)56(50-36-28-45(29-37-50)53(4,5)6)54-39-41-24-32-48(33-25-41)55(46-20-14-9-15-21-46)47-30-22-40(23-31-47)38-51(42-16-10-7-11-17-42)43-18-12-8-13-19-43/h7-39H,1-6H3/b54-39+. The van der Waals surface area contributed by atoms with Crippen LogP contribution in [0.3, 0.4) is 0 Å². The highest BCUT2D eigenvalue weighted by Gasteiger charge is 2.18. The molecule has 0 aliphatic heterocycles. The van der Waals surface area contributed by atoms with Crippen molar-refractivity contribution >= 4 is 46.3 Å². The molecule has 56 heavy (non-hydrogen) atoms. The van der Waals surface area contributed by atoms with Crippen LogP contribution in [0.25, 0.3) is 11.6 Å². The second kappa shape index (κ2) is 16.5. The monoisotopic (exact) mass is 729 g/mol. The van der Waals surface area contributed by atoms with Gasteiger partial charge in [0.15, 0.2) is 0 Å². The minimum Gasteiger partial charge on any atom is -0.311 e. The molecule has 0 aliphatic carbocycles. The molecule has 0 saturated carbocycles. The summed E-state index contributed by atoms with van der Waals surface area (Å²) >= 11 is 0. The van der Waals surface area contributed by atoms with Crippen LogP contribution < -0.4 is 9.91 Å². The van der Waals surface area contributed by atoms with Crippen LogP contribution in [-0.4, -0.2) is 6.21 Å². The van der Waals surface area contributed by atoms with Crippen molar-refractivity contribution in [2.24, 2.45) is 5.10 Å². The number of hydrogen-bond acceptors (Lipinski definition) is 3. The van der Waals surface area contributed by atoms with E-state index >= 15 is 0 Å². The summed E-state index contributed by atoms with van der Waals surface area (Å²) in [6.07, 6.45) is 4.22. The van der Waals surface area contributed by atoms with Crippen molar-refractivity contribution in [1.82, 2.24) is 0 Å². The molecule has 7 aromatic rings. The summed E-state index contributed by atoms with van der Waals surface area (Å²) in [5.74, 6) is 0. The Morgan fingerprint density at radius 3 is 1.16 bits per heavy atom. The van der Waals surface area contributed by atoms with Gasteiger partial charge in [0.25, 0.3) is 0 Å². The van der Waals surface area contributed by atoms with E-state index in [9.17, 15) is 0 Å². The molecule has 0 atom stereocenters. The number of benzene rings is 7. The van der Waals surface area contributed by atoms with Gasteiger partial charge >= 0.3 is 0 Å². The van der Waals surface area contributed by atoms with E-state index < -0.39 is 0 Å². The molecule has 0 aromatic heterocycles. The second-order valence-electron chi connectivity index (χ2n) is 16.3. The Balaban J connectivity index is 1.19. The van der Waals surface area contributed by atoms with Gasteiger partial charge in [-0.1, -0.05) is 169 Å². The number of nitrogens with zero attached hydrogens (tertiary/aromatic N) is 3. The Morgan fingerprint density at radius 2 is 0.750 bits per heavy atom. The quantitative estimate of drug-likeness (QED) is 0.0793. The number of anilines is 5. The van der Waals surface area contributed by atoms with E-state index in [-0.39, 0.29) is 10.8 Å². The molecule has 0 fully saturated rings. The molecule has 0 saturated heterocycles. The molecule has 3 heteroatoms. The van der Waals surface area contributed by atoms with E-state index in [1.54, 1.807) is 0 Å². The Bertz CT molecular complexity index is 2260. The molecule has 0 bridgehead atoms. The fourth-order valence-corrected chi connectivity index (χ4v) is 6.80. The summed E-state index contributed by atoms with van der Waals surface area (Å²) in [6, 6.07) is 66.7. The zero-order chi connectivity index (χ0) is 39.1. The van der Waals surface area contributed by atoms with Crippen LogP contribution in [-0.2, 0) is 10.8 Å². The Labute approximate surface area is 333 Å². The maximum atomic E-state index is 5.08. The average molecular weight is 730 g/mol. The summed E-state index contributed by atoms with van der Waals surface area (Å²) in [4.78, 5) is 2.30. The van der Waals surface area contributed by atoms with E-state index in [1.165, 1.54) is 27.8 Å². The first-order chi connectivity index (χ1) is 27.0. The molecule has 0 amide bonds. The molecule has 0 unspecified atom stereocenters. The molecular formula is C53H51N3. The lowest BCUT2D eigenvalue weighted by Gasteiger charge is -2.26. The predicted octanol–water partition coefficient (Wildman–Crippen LogP) is 14.5. The van der Waals surface area contributed by atoms with Crippen LogP contribution in [0.15, 0.2) is 193 Å². The van der Waals surface area contributed by atoms with Crippen LogP contribution in [0.5, 0.6) is 0 Å². The lowest BCUT2D eigenvalue weighted by Crippen LogP contribution is -2.14. The minimum absolute atomic E-state index is 0.0731. The van der Waals surface area contributed by atoms with Crippen molar-refractivity contribution in [3.8, 4) is 0 Å². The molecule has 7 rings (SSSR count). The topological polar surface area (TPSA) is 18.8 Å². The smallest absolute Gasteiger partial charge is 0.0652 e. The number of hydrazone groups is 1. The Morgan fingerprint density at radius 1 is 0.393 bits per heavy atom. The fraction of sp³-hybridized carbons (Fsp3) is 0.151. The van der Waals surface area contributed by atoms with Crippen molar-refractivity contribution in [1.29, 1.82) is 0 Å². The molecule has 0 heterocycles. The summed E-state index contributed by atoms with van der Waals surface area (Å²) < 4.78 is 0. The van der Waals surface area contributed by atoms with Gasteiger partial charge in [-0.3, -0.25) is 0 Å². The summed E-state index contributed by atoms with van der Waals surface area (Å²) in [5, 5.41) is 7.10. The molecule has 0 radical (unpaired) electrons. The highest BCUT2D eigenvalue weighted by atomic mass is 15.5.